The first-order valence-corrected chi connectivity index (χ1v) is 9.15. The second-order valence-corrected chi connectivity index (χ2v) is 7.45. The maximum absolute atomic E-state index is 11.5. The molecule has 1 aliphatic rings. The lowest BCUT2D eigenvalue weighted by Crippen LogP contribution is -2.42. The number of sulfonamides is 1. The Morgan fingerprint density at radius 1 is 1.26 bits per heavy atom. The summed E-state index contributed by atoms with van der Waals surface area (Å²) in [5, 5.41) is 12.1. The first-order chi connectivity index (χ1) is 9.04. The average Bonchev–Trinajstić information content (AvgIpc) is 2.37. The maximum atomic E-state index is 11.5. The molecule has 0 aromatic carbocycles. The van der Waals surface area contributed by atoms with E-state index in [0.29, 0.717) is 19.0 Å². The van der Waals surface area contributed by atoms with Gasteiger partial charge in [-0.25, -0.2) is 12.7 Å². The number of nitrogens with zero attached hydrogens (tertiary/aromatic N) is 1. The summed E-state index contributed by atoms with van der Waals surface area (Å²) < 4.78 is 24.6. The van der Waals surface area contributed by atoms with Gasteiger partial charge in [0.15, 0.2) is 0 Å². The van der Waals surface area contributed by atoms with E-state index in [4.69, 9.17) is 5.11 Å². The molecule has 1 saturated heterocycles. The van der Waals surface area contributed by atoms with Crippen LogP contribution in [0.1, 0.15) is 38.5 Å². The molecule has 0 saturated carbocycles. The number of aliphatic hydroxyl groups excluding tert-OH is 1. The van der Waals surface area contributed by atoms with Crippen molar-refractivity contribution in [2.24, 2.45) is 5.92 Å². The van der Waals surface area contributed by atoms with E-state index in [2.05, 4.69) is 5.32 Å². The molecule has 1 heterocycles. The monoisotopic (exact) mass is 292 g/mol. The van der Waals surface area contributed by atoms with Gasteiger partial charge in [0.05, 0.1) is 6.26 Å². The van der Waals surface area contributed by atoms with Crippen molar-refractivity contribution in [2.75, 3.05) is 39.0 Å². The van der Waals surface area contributed by atoms with Gasteiger partial charge in [0.25, 0.3) is 0 Å². The number of unbranched alkanes of at least 4 members (excludes halogenated alkanes) is 3. The molecule has 0 radical (unpaired) electrons. The lowest BCUT2D eigenvalue weighted by Gasteiger charge is -2.31. The molecule has 6 heteroatoms. The second-order valence-electron chi connectivity index (χ2n) is 5.47. The number of piperidine rings is 1. The lowest BCUT2D eigenvalue weighted by molar-refractivity contribution is 0.260. The van der Waals surface area contributed by atoms with Gasteiger partial charge in [-0.3, -0.25) is 0 Å². The third kappa shape index (κ3) is 7.25. The largest absolute Gasteiger partial charge is 0.396 e. The topological polar surface area (TPSA) is 69.6 Å². The molecule has 1 atom stereocenters. The van der Waals surface area contributed by atoms with Crippen LogP contribution in [0.5, 0.6) is 0 Å². The number of hydrogen-bond acceptors (Lipinski definition) is 4. The van der Waals surface area contributed by atoms with E-state index in [-0.39, 0.29) is 6.61 Å². The van der Waals surface area contributed by atoms with Gasteiger partial charge >= 0.3 is 0 Å². The summed E-state index contributed by atoms with van der Waals surface area (Å²) in [6, 6.07) is 0. The summed E-state index contributed by atoms with van der Waals surface area (Å²) in [4.78, 5) is 0. The highest BCUT2D eigenvalue weighted by Gasteiger charge is 2.25. The third-order valence-electron chi connectivity index (χ3n) is 3.65. The molecule has 0 bridgehead atoms. The zero-order chi connectivity index (χ0) is 14.1. The van der Waals surface area contributed by atoms with Gasteiger partial charge in [0, 0.05) is 19.7 Å². The van der Waals surface area contributed by atoms with Crippen LogP contribution < -0.4 is 5.32 Å². The third-order valence-corrected chi connectivity index (χ3v) is 4.92. The van der Waals surface area contributed by atoms with Gasteiger partial charge in [-0.2, -0.15) is 0 Å². The van der Waals surface area contributed by atoms with E-state index in [1.807, 2.05) is 0 Å². The van der Waals surface area contributed by atoms with E-state index < -0.39 is 10.0 Å². The molecular weight excluding hydrogens is 264 g/mol. The first-order valence-electron chi connectivity index (χ1n) is 7.30. The molecule has 0 spiro atoms. The van der Waals surface area contributed by atoms with E-state index in [1.54, 1.807) is 4.31 Å². The summed E-state index contributed by atoms with van der Waals surface area (Å²) in [6.45, 7) is 3.52. The highest BCUT2D eigenvalue weighted by Crippen LogP contribution is 2.17. The normalized spacial score (nSPS) is 21.7. The van der Waals surface area contributed by atoms with Crippen molar-refractivity contribution < 1.29 is 13.5 Å². The van der Waals surface area contributed by atoms with Crippen LogP contribution in [0, 0.1) is 5.92 Å². The minimum Gasteiger partial charge on any atom is -0.396 e. The number of aliphatic hydroxyl groups is 1. The fraction of sp³-hybridized carbons (Fsp3) is 1.00. The van der Waals surface area contributed by atoms with Crippen molar-refractivity contribution >= 4 is 10.0 Å². The number of nitrogens with one attached hydrogen (secondary N) is 1. The Balaban J connectivity index is 2.09. The minimum absolute atomic E-state index is 0.289. The van der Waals surface area contributed by atoms with Crippen molar-refractivity contribution in [2.45, 2.75) is 38.5 Å². The molecule has 114 valence electrons. The molecule has 1 rings (SSSR count). The van der Waals surface area contributed by atoms with Crippen molar-refractivity contribution in [1.29, 1.82) is 0 Å². The van der Waals surface area contributed by atoms with Crippen LogP contribution in [0.3, 0.4) is 0 Å². The maximum Gasteiger partial charge on any atom is 0.211 e. The van der Waals surface area contributed by atoms with Crippen molar-refractivity contribution in [3.8, 4) is 0 Å². The first kappa shape index (κ1) is 16.9. The SMILES string of the molecule is CS(=O)(=O)N1CCCC(CNCCCCCCO)C1. The van der Waals surface area contributed by atoms with E-state index >= 15 is 0 Å². The van der Waals surface area contributed by atoms with E-state index in [1.165, 1.54) is 6.26 Å². The van der Waals surface area contributed by atoms with Gasteiger partial charge in [-0.15, -0.1) is 0 Å². The van der Waals surface area contributed by atoms with Crippen LogP contribution in [-0.2, 0) is 10.0 Å². The van der Waals surface area contributed by atoms with Crippen molar-refractivity contribution in [3.05, 3.63) is 0 Å². The van der Waals surface area contributed by atoms with Crippen LogP contribution >= 0.6 is 0 Å². The predicted molar refractivity (Wildman–Crippen MR) is 77.6 cm³/mol. The Labute approximate surface area is 117 Å². The standard InChI is InChI=1S/C13H28N2O3S/c1-19(17,18)15-9-6-7-13(12-15)11-14-8-4-2-3-5-10-16/h13-14,16H,2-12H2,1H3. The molecule has 0 amide bonds. The van der Waals surface area contributed by atoms with E-state index in [9.17, 15) is 8.42 Å². The quantitative estimate of drug-likeness (QED) is 0.617. The molecule has 0 aromatic rings. The van der Waals surface area contributed by atoms with Crippen molar-refractivity contribution in [1.82, 2.24) is 9.62 Å². The van der Waals surface area contributed by atoms with E-state index in [0.717, 1.165) is 51.6 Å². The fourth-order valence-corrected chi connectivity index (χ4v) is 3.46. The summed E-state index contributed by atoms with van der Waals surface area (Å²) in [6.07, 6.45) is 7.63. The van der Waals surface area contributed by atoms with Crippen LogP contribution in [0.4, 0.5) is 0 Å². The lowest BCUT2D eigenvalue weighted by atomic mass is 10.00. The van der Waals surface area contributed by atoms with Gasteiger partial charge < -0.3 is 10.4 Å². The summed E-state index contributed by atoms with van der Waals surface area (Å²) >= 11 is 0. The average molecular weight is 292 g/mol. The Hall–Kier alpha value is -0.170. The number of hydrogen-bond donors (Lipinski definition) is 2. The van der Waals surface area contributed by atoms with Crippen molar-refractivity contribution in [3.63, 3.8) is 0 Å². The van der Waals surface area contributed by atoms with Crippen LogP contribution in [0.15, 0.2) is 0 Å². The Morgan fingerprint density at radius 2 is 2.00 bits per heavy atom. The minimum atomic E-state index is -3.02. The number of rotatable bonds is 9. The Bertz CT molecular complexity index is 333. The van der Waals surface area contributed by atoms with Crippen LogP contribution in [0.25, 0.3) is 0 Å². The van der Waals surface area contributed by atoms with Gasteiger partial charge in [0.1, 0.15) is 0 Å². The summed E-state index contributed by atoms with van der Waals surface area (Å²) in [5.74, 6) is 0.445. The summed E-state index contributed by atoms with van der Waals surface area (Å²) in [5.41, 5.74) is 0. The fourth-order valence-electron chi connectivity index (χ4n) is 2.52. The second kappa shape index (κ2) is 8.89. The molecule has 0 aliphatic carbocycles. The molecule has 2 N–H and O–H groups in total. The molecular formula is C13H28N2O3S. The molecule has 0 aromatic heterocycles. The predicted octanol–water partition coefficient (Wildman–Crippen LogP) is 0.800. The highest BCUT2D eigenvalue weighted by molar-refractivity contribution is 7.88. The molecule has 1 aliphatic heterocycles. The van der Waals surface area contributed by atoms with Crippen LogP contribution in [0.2, 0.25) is 0 Å². The zero-order valence-electron chi connectivity index (χ0n) is 12.0. The smallest absolute Gasteiger partial charge is 0.211 e. The molecule has 19 heavy (non-hydrogen) atoms. The molecule has 5 nitrogen and oxygen atoms in total. The highest BCUT2D eigenvalue weighted by atomic mass is 32.2. The van der Waals surface area contributed by atoms with Gasteiger partial charge in [-0.1, -0.05) is 12.8 Å². The Morgan fingerprint density at radius 3 is 2.68 bits per heavy atom. The van der Waals surface area contributed by atoms with Crippen LogP contribution in [-0.4, -0.2) is 56.9 Å². The van der Waals surface area contributed by atoms with Gasteiger partial charge in [-0.05, 0) is 44.7 Å². The van der Waals surface area contributed by atoms with Gasteiger partial charge in [0.2, 0.25) is 10.0 Å². The zero-order valence-corrected chi connectivity index (χ0v) is 12.8. The Kier molecular flexibility index (Phi) is 7.90. The molecule has 1 unspecified atom stereocenters. The summed E-state index contributed by atoms with van der Waals surface area (Å²) in [7, 11) is -3.02. The molecule has 1 fully saturated rings.